The van der Waals surface area contributed by atoms with Gasteiger partial charge in [0.05, 0.1) is 13.1 Å². The number of hydrogen-bond acceptors (Lipinski definition) is 5. The Hall–Kier alpha value is -2.39. The van der Waals surface area contributed by atoms with Crippen LogP contribution in [-0.4, -0.2) is 73.3 Å². The molecule has 9 heteroatoms. The first-order valence-corrected chi connectivity index (χ1v) is 9.58. The number of benzene rings is 1. The van der Waals surface area contributed by atoms with Crippen molar-refractivity contribution in [3.05, 3.63) is 30.1 Å². The average molecular weight is 395 g/mol. The third-order valence-electron chi connectivity index (χ3n) is 4.37. The van der Waals surface area contributed by atoms with Gasteiger partial charge >= 0.3 is 0 Å². The summed E-state index contributed by atoms with van der Waals surface area (Å²) in [4.78, 5) is 17.5. The standard InChI is InChI=1S/C19H30FN5O3/c1-2-22-19(24-15-7-9-25(10-8-15)12-18(21)27)23-11-16(26)13-28-17-5-3-14(20)4-6-17/h3-6,15-16,26H,2,7-13H2,1H3,(H2,21,27)(H2,22,23,24). The summed E-state index contributed by atoms with van der Waals surface area (Å²) in [6.45, 7) is 4.82. The maximum Gasteiger partial charge on any atom is 0.231 e. The Bertz CT molecular complexity index is 633. The van der Waals surface area contributed by atoms with Crippen molar-refractivity contribution < 1.29 is 19.0 Å². The van der Waals surface area contributed by atoms with Crippen molar-refractivity contribution in [1.29, 1.82) is 0 Å². The number of hydrogen-bond donors (Lipinski definition) is 4. The van der Waals surface area contributed by atoms with Crippen molar-refractivity contribution in [2.75, 3.05) is 39.3 Å². The van der Waals surface area contributed by atoms with Gasteiger partial charge in [-0.3, -0.25) is 14.7 Å². The number of piperidine rings is 1. The molecule has 1 aliphatic rings. The number of rotatable bonds is 9. The highest BCUT2D eigenvalue weighted by Gasteiger charge is 2.21. The molecule has 1 unspecified atom stereocenters. The minimum absolute atomic E-state index is 0.0695. The molecule has 0 aliphatic carbocycles. The van der Waals surface area contributed by atoms with E-state index in [1.165, 1.54) is 24.3 Å². The number of carbonyl (C=O) groups is 1. The van der Waals surface area contributed by atoms with Gasteiger partial charge in [0.25, 0.3) is 0 Å². The Balaban J connectivity index is 1.76. The van der Waals surface area contributed by atoms with E-state index in [0.717, 1.165) is 25.9 Å². The maximum absolute atomic E-state index is 12.9. The van der Waals surface area contributed by atoms with Crippen LogP contribution in [0.4, 0.5) is 4.39 Å². The summed E-state index contributed by atoms with van der Waals surface area (Å²) in [6, 6.07) is 5.89. The van der Waals surface area contributed by atoms with Crippen LogP contribution in [-0.2, 0) is 4.79 Å². The number of likely N-dealkylation sites (tertiary alicyclic amines) is 1. The van der Waals surface area contributed by atoms with Crippen molar-refractivity contribution in [3.63, 3.8) is 0 Å². The number of aliphatic hydroxyl groups is 1. The molecule has 8 nitrogen and oxygen atoms in total. The molecule has 1 amide bonds. The van der Waals surface area contributed by atoms with Crippen LogP contribution in [0.2, 0.25) is 0 Å². The number of ether oxygens (including phenoxy) is 1. The predicted molar refractivity (Wildman–Crippen MR) is 106 cm³/mol. The molecule has 1 saturated heterocycles. The second-order valence-electron chi connectivity index (χ2n) is 6.80. The number of primary amides is 1. The first-order chi connectivity index (χ1) is 13.5. The van der Waals surface area contributed by atoms with Crippen molar-refractivity contribution in [2.45, 2.75) is 31.9 Å². The van der Waals surface area contributed by atoms with E-state index in [1.807, 2.05) is 11.8 Å². The molecule has 2 rings (SSSR count). The number of nitrogens with zero attached hydrogens (tertiary/aromatic N) is 2. The summed E-state index contributed by atoms with van der Waals surface area (Å²) in [5.41, 5.74) is 5.24. The summed E-state index contributed by atoms with van der Waals surface area (Å²) in [5.74, 6) is 0.492. The van der Waals surface area contributed by atoms with Crippen LogP contribution in [0.1, 0.15) is 19.8 Å². The highest BCUT2D eigenvalue weighted by molar-refractivity contribution is 5.80. The van der Waals surface area contributed by atoms with E-state index in [4.69, 9.17) is 10.5 Å². The molecule has 1 aliphatic heterocycles. The SMILES string of the molecule is CCNC(=NCC(O)COc1ccc(F)cc1)NC1CCN(CC(N)=O)CC1. The monoisotopic (exact) mass is 395 g/mol. The molecule has 5 N–H and O–H groups in total. The topological polar surface area (TPSA) is 112 Å². The Morgan fingerprint density at radius 1 is 1.39 bits per heavy atom. The second kappa shape index (κ2) is 11.5. The van der Waals surface area contributed by atoms with Crippen LogP contribution in [0.5, 0.6) is 5.75 Å². The molecule has 28 heavy (non-hydrogen) atoms. The van der Waals surface area contributed by atoms with E-state index in [-0.39, 0.29) is 30.9 Å². The third kappa shape index (κ3) is 8.10. The lowest BCUT2D eigenvalue weighted by Gasteiger charge is -2.32. The average Bonchev–Trinajstić information content (AvgIpc) is 2.67. The van der Waals surface area contributed by atoms with Gasteiger partial charge in [-0.15, -0.1) is 0 Å². The lowest BCUT2D eigenvalue weighted by Crippen LogP contribution is -2.50. The van der Waals surface area contributed by atoms with Gasteiger partial charge in [0.2, 0.25) is 5.91 Å². The van der Waals surface area contributed by atoms with Crippen LogP contribution in [0.15, 0.2) is 29.3 Å². The maximum atomic E-state index is 12.9. The van der Waals surface area contributed by atoms with Crippen molar-refractivity contribution in [2.24, 2.45) is 10.7 Å². The molecule has 0 bridgehead atoms. The fourth-order valence-electron chi connectivity index (χ4n) is 2.94. The summed E-state index contributed by atoms with van der Waals surface area (Å²) in [6.07, 6.45) is 0.986. The van der Waals surface area contributed by atoms with Gasteiger partial charge in [-0.1, -0.05) is 0 Å². The van der Waals surface area contributed by atoms with Gasteiger partial charge in [0.1, 0.15) is 24.3 Å². The molecule has 0 aromatic heterocycles. The number of aliphatic imine (C=N–C) groups is 1. The molecule has 0 spiro atoms. The van der Waals surface area contributed by atoms with E-state index in [9.17, 15) is 14.3 Å². The highest BCUT2D eigenvalue weighted by Crippen LogP contribution is 2.11. The fraction of sp³-hybridized carbons (Fsp3) is 0.579. The highest BCUT2D eigenvalue weighted by atomic mass is 19.1. The third-order valence-corrected chi connectivity index (χ3v) is 4.37. The van der Waals surface area contributed by atoms with Crippen LogP contribution >= 0.6 is 0 Å². The van der Waals surface area contributed by atoms with Crippen LogP contribution < -0.4 is 21.1 Å². The zero-order valence-electron chi connectivity index (χ0n) is 16.2. The zero-order chi connectivity index (χ0) is 20.4. The van der Waals surface area contributed by atoms with E-state index in [2.05, 4.69) is 15.6 Å². The lowest BCUT2D eigenvalue weighted by molar-refractivity contribution is -0.119. The number of guanidine groups is 1. The van der Waals surface area contributed by atoms with Gasteiger partial charge in [-0.05, 0) is 44.0 Å². The first-order valence-electron chi connectivity index (χ1n) is 9.58. The Morgan fingerprint density at radius 3 is 2.68 bits per heavy atom. The molecule has 0 radical (unpaired) electrons. The van der Waals surface area contributed by atoms with Gasteiger partial charge in [0.15, 0.2) is 5.96 Å². The molecular weight excluding hydrogens is 365 g/mol. The van der Waals surface area contributed by atoms with Gasteiger partial charge in [-0.2, -0.15) is 0 Å². The second-order valence-corrected chi connectivity index (χ2v) is 6.80. The van der Waals surface area contributed by atoms with Crippen LogP contribution in [0.25, 0.3) is 0 Å². The zero-order valence-corrected chi connectivity index (χ0v) is 16.2. The van der Waals surface area contributed by atoms with Crippen molar-refractivity contribution in [3.8, 4) is 5.75 Å². The summed E-state index contributed by atoms with van der Waals surface area (Å²) in [5, 5.41) is 16.6. The lowest BCUT2D eigenvalue weighted by atomic mass is 10.1. The molecule has 1 atom stereocenters. The Kier molecular flexibility index (Phi) is 8.96. The van der Waals surface area contributed by atoms with E-state index < -0.39 is 6.10 Å². The smallest absolute Gasteiger partial charge is 0.231 e. The van der Waals surface area contributed by atoms with E-state index in [1.54, 1.807) is 0 Å². The molecule has 1 aromatic rings. The summed E-state index contributed by atoms with van der Waals surface area (Å²) < 4.78 is 18.3. The fourth-order valence-corrected chi connectivity index (χ4v) is 2.94. The number of nitrogens with one attached hydrogen (secondary N) is 2. The van der Waals surface area contributed by atoms with E-state index in [0.29, 0.717) is 24.8 Å². The number of aliphatic hydroxyl groups excluding tert-OH is 1. The summed E-state index contributed by atoms with van der Waals surface area (Å²) in [7, 11) is 0. The Labute approximate surface area is 164 Å². The van der Waals surface area contributed by atoms with E-state index >= 15 is 0 Å². The number of halogens is 1. The Morgan fingerprint density at radius 2 is 2.07 bits per heavy atom. The summed E-state index contributed by atoms with van der Waals surface area (Å²) >= 11 is 0. The normalized spacial score (nSPS) is 17.2. The molecule has 0 saturated carbocycles. The van der Waals surface area contributed by atoms with Crippen molar-refractivity contribution in [1.82, 2.24) is 15.5 Å². The largest absolute Gasteiger partial charge is 0.491 e. The number of amides is 1. The molecule has 1 aromatic carbocycles. The first kappa shape index (κ1) is 21.9. The molecular formula is C19H30FN5O3. The predicted octanol–water partition coefficient (Wildman–Crippen LogP) is 0.0702. The minimum atomic E-state index is -0.780. The van der Waals surface area contributed by atoms with Crippen LogP contribution in [0.3, 0.4) is 0 Å². The number of carbonyl (C=O) groups excluding carboxylic acids is 1. The molecule has 156 valence electrons. The van der Waals surface area contributed by atoms with Gasteiger partial charge in [-0.25, -0.2) is 4.39 Å². The van der Waals surface area contributed by atoms with Crippen LogP contribution in [0, 0.1) is 5.82 Å². The molecule has 1 fully saturated rings. The van der Waals surface area contributed by atoms with Crippen molar-refractivity contribution >= 4 is 11.9 Å². The van der Waals surface area contributed by atoms with Gasteiger partial charge < -0.3 is 26.2 Å². The molecule has 1 heterocycles. The number of nitrogens with two attached hydrogens (primary N) is 1. The minimum Gasteiger partial charge on any atom is -0.491 e. The quantitative estimate of drug-likeness (QED) is 0.348. The van der Waals surface area contributed by atoms with Gasteiger partial charge in [0, 0.05) is 25.7 Å².